The molecule has 2 aliphatic heterocycles. The quantitative estimate of drug-likeness (QED) is 0.704. The Labute approximate surface area is 168 Å². The van der Waals surface area contributed by atoms with Gasteiger partial charge in [0.2, 0.25) is 0 Å². The topological polar surface area (TPSA) is 41.0 Å². The summed E-state index contributed by atoms with van der Waals surface area (Å²) in [5.74, 6) is 0.629. The van der Waals surface area contributed by atoms with Crippen molar-refractivity contribution < 1.29 is 4.74 Å². The number of fused-ring (bicyclic) bond motifs is 1. The van der Waals surface area contributed by atoms with Crippen LogP contribution in [0.15, 0.2) is 64.5 Å². The van der Waals surface area contributed by atoms with Crippen LogP contribution >= 0.6 is 23.4 Å². The summed E-state index contributed by atoms with van der Waals surface area (Å²) < 4.78 is 6.05. The number of hydrogen-bond donors (Lipinski definition) is 0. The standard InChI is InChI=1S/C20H19ClN4OS/c1-3-25-13-26-19(27-20(25)23-18-11-9-15(21)12-22-18)17-10-8-14-6-4-5-7-16(14)24(17)2/h4-12H,3,13H2,1-2H3/b19-17-,23-20?. The van der Waals surface area contributed by atoms with Crippen molar-refractivity contribution >= 4 is 46.1 Å². The Bertz CT molecular complexity index is 939. The number of ether oxygens (including phenoxy) is 1. The van der Waals surface area contributed by atoms with E-state index in [1.165, 1.54) is 17.3 Å². The molecule has 2 aromatic rings. The first-order valence-electron chi connectivity index (χ1n) is 8.66. The van der Waals surface area contributed by atoms with Crippen LogP contribution < -0.4 is 4.90 Å². The van der Waals surface area contributed by atoms with E-state index in [0.717, 1.165) is 28.2 Å². The molecule has 27 heavy (non-hydrogen) atoms. The lowest BCUT2D eigenvalue weighted by Gasteiger charge is -2.33. The number of likely N-dealkylation sites (N-methyl/N-ethyl adjacent to an activating group) is 1. The Balaban J connectivity index is 1.67. The van der Waals surface area contributed by atoms with Crippen molar-refractivity contribution in [1.29, 1.82) is 0 Å². The molecule has 0 N–H and O–H groups in total. The Morgan fingerprint density at radius 3 is 2.85 bits per heavy atom. The van der Waals surface area contributed by atoms with Crippen molar-refractivity contribution in [1.82, 2.24) is 9.88 Å². The van der Waals surface area contributed by atoms with Crippen LogP contribution in [-0.2, 0) is 4.74 Å². The van der Waals surface area contributed by atoms with E-state index in [1.807, 2.05) is 18.2 Å². The molecule has 3 heterocycles. The molecule has 0 amide bonds. The largest absolute Gasteiger partial charge is 0.464 e. The second kappa shape index (κ2) is 7.66. The highest BCUT2D eigenvalue weighted by Crippen LogP contribution is 2.37. The summed E-state index contributed by atoms with van der Waals surface area (Å²) in [5.41, 5.74) is 3.37. The van der Waals surface area contributed by atoms with E-state index in [2.05, 4.69) is 53.0 Å². The Morgan fingerprint density at radius 1 is 1.22 bits per heavy atom. The summed E-state index contributed by atoms with van der Waals surface area (Å²) in [5, 5.41) is 2.30. The van der Waals surface area contributed by atoms with Crippen LogP contribution in [0, 0.1) is 0 Å². The van der Waals surface area contributed by atoms with E-state index in [9.17, 15) is 0 Å². The lowest BCUT2D eigenvalue weighted by atomic mass is 10.1. The fourth-order valence-electron chi connectivity index (χ4n) is 2.90. The number of hydrogen-bond acceptors (Lipinski definition) is 5. The van der Waals surface area contributed by atoms with E-state index in [-0.39, 0.29) is 0 Å². The smallest absolute Gasteiger partial charge is 0.187 e. The summed E-state index contributed by atoms with van der Waals surface area (Å²) in [6.07, 6.45) is 5.81. The molecule has 0 radical (unpaired) electrons. The van der Waals surface area contributed by atoms with Gasteiger partial charge in [0.25, 0.3) is 0 Å². The molecule has 138 valence electrons. The number of para-hydroxylation sites is 1. The van der Waals surface area contributed by atoms with Crippen LogP contribution in [0.5, 0.6) is 0 Å². The minimum absolute atomic E-state index is 0.456. The predicted molar refractivity (Wildman–Crippen MR) is 113 cm³/mol. The first kappa shape index (κ1) is 17.9. The molecule has 0 aliphatic carbocycles. The number of rotatable bonds is 2. The number of halogens is 1. The fourth-order valence-corrected chi connectivity index (χ4v) is 4.05. The summed E-state index contributed by atoms with van der Waals surface area (Å²) in [7, 11) is 2.05. The molecule has 1 saturated heterocycles. The van der Waals surface area contributed by atoms with Crippen LogP contribution in [0.25, 0.3) is 6.08 Å². The van der Waals surface area contributed by atoms with Gasteiger partial charge in [-0.25, -0.2) is 9.98 Å². The van der Waals surface area contributed by atoms with Gasteiger partial charge < -0.3 is 14.5 Å². The number of thioether (sulfide) groups is 1. The molecule has 1 fully saturated rings. The van der Waals surface area contributed by atoms with Gasteiger partial charge in [0.1, 0.15) is 0 Å². The van der Waals surface area contributed by atoms with E-state index in [0.29, 0.717) is 17.6 Å². The van der Waals surface area contributed by atoms with Gasteiger partial charge in [-0.2, -0.15) is 0 Å². The SMILES string of the molecule is CCN1CO/C(=C2\C=Cc3ccccc3N2C)SC1=Nc1ccc(Cl)cn1. The second-order valence-corrected chi connectivity index (χ2v) is 7.46. The van der Waals surface area contributed by atoms with Gasteiger partial charge in [0.05, 0.1) is 10.7 Å². The third-order valence-corrected chi connectivity index (χ3v) is 5.67. The first-order valence-corrected chi connectivity index (χ1v) is 9.86. The van der Waals surface area contributed by atoms with Gasteiger partial charge >= 0.3 is 0 Å². The zero-order chi connectivity index (χ0) is 18.8. The predicted octanol–water partition coefficient (Wildman–Crippen LogP) is 5.10. The van der Waals surface area contributed by atoms with E-state index in [4.69, 9.17) is 21.3 Å². The monoisotopic (exact) mass is 398 g/mol. The average molecular weight is 399 g/mol. The fraction of sp³-hybridized carbons (Fsp3) is 0.200. The number of benzene rings is 1. The molecule has 2 aliphatic rings. The van der Waals surface area contributed by atoms with Gasteiger partial charge in [0.15, 0.2) is 22.8 Å². The lowest BCUT2D eigenvalue weighted by molar-refractivity contribution is 0.136. The first-order chi connectivity index (χ1) is 13.2. The van der Waals surface area contributed by atoms with Gasteiger partial charge in [-0.15, -0.1) is 0 Å². The van der Waals surface area contributed by atoms with Crippen molar-refractivity contribution in [3.05, 3.63) is 70.0 Å². The van der Waals surface area contributed by atoms with E-state index < -0.39 is 0 Å². The Kier molecular flexibility index (Phi) is 5.09. The number of aliphatic imine (C=N–C) groups is 1. The van der Waals surface area contributed by atoms with Gasteiger partial charge in [-0.3, -0.25) is 0 Å². The highest BCUT2D eigenvalue weighted by Gasteiger charge is 2.26. The summed E-state index contributed by atoms with van der Waals surface area (Å²) in [4.78, 5) is 13.2. The number of allylic oxidation sites excluding steroid dienone is 1. The molecular weight excluding hydrogens is 380 g/mol. The molecule has 4 rings (SSSR count). The van der Waals surface area contributed by atoms with Gasteiger partial charge in [-0.05, 0) is 48.5 Å². The summed E-state index contributed by atoms with van der Waals surface area (Å²) in [6.45, 7) is 3.34. The van der Waals surface area contributed by atoms with Crippen LogP contribution in [0.1, 0.15) is 12.5 Å². The number of aromatic nitrogens is 1. The Hall–Kier alpha value is -2.44. The molecule has 0 bridgehead atoms. The maximum absolute atomic E-state index is 6.05. The Morgan fingerprint density at radius 2 is 2.07 bits per heavy atom. The molecule has 0 atom stereocenters. The lowest BCUT2D eigenvalue weighted by Crippen LogP contribution is -2.35. The molecule has 5 nitrogen and oxygen atoms in total. The maximum atomic E-state index is 6.05. The van der Waals surface area contributed by atoms with Crippen molar-refractivity contribution in [2.75, 3.05) is 25.2 Å². The molecule has 0 saturated carbocycles. The molecule has 1 aromatic carbocycles. The van der Waals surface area contributed by atoms with Crippen molar-refractivity contribution in [2.24, 2.45) is 4.99 Å². The van der Waals surface area contributed by atoms with Crippen molar-refractivity contribution in [3.63, 3.8) is 0 Å². The van der Waals surface area contributed by atoms with E-state index in [1.54, 1.807) is 12.3 Å². The molecule has 7 heteroatoms. The van der Waals surface area contributed by atoms with E-state index >= 15 is 0 Å². The summed E-state index contributed by atoms with van der Waals surface area (Å²) >= 11 is 7.44. The van der Waals surface area contributed by atoms with Crippen LogP contribution in [0.3, 0.4) is 0 Å². The molecule has 0 spiro atoms. The number of nitrogens with zero attached hydrogens (tertiary/aromatic N) is 4. The highest BCUT2D eigenvalue weighted by atomic mass is 35.5. The van der Waals surface area contributed by atoms with Gasteiger partial charge in [-0.1, -0.05) is 35.9 Å². The van der Waals surface area contributed by atoms with Crippen LogP contribution in [0.2, 0.25) is 5.02 Å². The number of pyridine rings is 1. The molecule has 1 aromatic heterocycles. The average Bonchev–Trinajstić information content (AvgIpc) is 2.70. The van der Waals surface area contributed by atoms with Crippen molar-refractivity contribution in [3.8, 4) is 0 Å². The number of anilines is 1. The third-order valence-electron chi connectivity index (χ3n) is 4.40. The third kappa shape index (κ3) is 3.68. The minimum Gasteiger partial charge on any atom is -0.464 e. The highest BCUT2D eigenvalue weighted by molar-refractivity contribution is 8.17. The zero-order valence-electron chi connectivity index (χ0n) is 15.1. The van der Waals surface area contributed by atoms with Gasteiger partial charge in [0, 0.05) is 25.5 Å². The van der Waals surface area contributed by atoms with Crippen LogP contribution in [-0.4, -0.2) is 35.4 Å². The second-order valence-electron chi connectivity index (χ2n) is 6.08. The molecular formula is C20H19ClN4OS. The zero-order valence-corrected chi connectivity index (χ0v) is 16.7. The normalized spacial score (nSPS) is 20.6. The van der Waals surface area contributed by atoms with Crippen molar-refractivity contribution in [2.45, 2.75) is 6.92 Å². The summed E-state index contributed by atoms with van der Waals surface area (Å²) in [6, 6.07) is 11.9. The molecule has 0 unspecified atom stereocenters. The maximum Gasteiger partial charge on any atom is 0.187 e. The number of amidine groups is 1. The van der Waals surface area contributed by atoms with Crippen LogP contribution in [0.4, 0.5) is 11.5 Å². The minimum atomic E-state index is 0.456.